The van der Waals surface area contributed by atoms with E-state index in [1.165, 1.54) is 18.4 Å². The molecular formula is C19H21Cl2NOS. The Bertz CT molecular complexity index is 674. The molecular weight excluding hydrogens is 361 g/mol. The Kier molecular flexibility index (Phi) is 7.97. The summed E-state index contributed by atoms with van der Waals surface area (Å²) in [5, 5.41) is 4.02. The van der Waals surface area contributed by atoms with Crippen molar-refractivity contribution in [1.82, 2.24) is 0 Å². The maximum atomic E-state index is 12.0. The van der Waals surface area contributed by atoms with Gasteiger partial charge < -0.3 is 5.32 Å². The smallest absolute Gasteiger partial charge is 0.234 e. The van der Waals surface area contributed by atoms with E-state index in [2.05, 4.69) is 24.4 Å². The molecule has 0 atom stereocenters. The highest BCUT2D eigenvalue weighted by atomic mass is 35.5. The molecule has 24 heavy (non-hydrogen) atoms. The molecule has 0 aliphatic rings. The van der Waals surface area contributed by atoms with E-state index in [0.29, 0.717) is 15.8 Å². The Morgan fingerprint density at radius 2 is 1.75 bits per heavy atom. The normalized spacial score (nSPS) is 10.6. The largest absolute Gasteiger partial charge is 0.325 e. The van der Waals surface area contributed by atoms with Crippen molar-refractivity contribution in [2.24, 2.45) is 0 Å². The molecule has 1 N–H and O–H groups in total. The molecule has 2 nitrogen and oxygen atoms in total. The van der Waals surface area contributed by atoms with Crippen molar-refractivity contribution >= 4 is 46.6 Å². The van der Waals surface area contributed by atoms with Gasteiger partial charge in [-0.05, 0) is 48.2 Å². The number of halogens is 2. The predicted molar refractivity (Wildman–Crippen MR) is 106 cm³/mol. The van der Waals surface area contributed by atoms with E-state index in [1.54, 1.807) is 17.8 Å². The van der Waals surface area contributed by atoms with Gasteiger partial charge in [-0.15, -0.1) is 11.8 Å². The second kappa shape index (κ2) is 9.97. The zero-order valence-electron chi connectivity index (χ0n) is 13.6. The molecule has 0 saturated heterocycles. The van der Waals surface area contributed by atoms with Crippen LogP contribution in [0.2, 0.25) is 10.0 Å². The van der Waals surface area contributed by atoms with Gasteiger partial charge in [0.25, 0.3) is 0 Å². The topological polar surface area (TPSA) is 29.1 Å². The lowest BCUT2D eigenvalue weighted by Crippen LogP contribution is -2.14. The molecule has 5 heteroatoms. The fourth-order valence-corrected chi connectivity index (χ4v) is 3.32. The number of aryl methyl sites for hydroxylation is 1. The summed E-state index contributed by atoms with van der Waals surface area (Å²) < 4.78 is 0. The highest BCUT2D eigenvalue weighted by Crippen LogP contribution is 2.24. The van der Waals surface area contributed by atoms with Gasteiger partial charge in [0.1, 0.15) is 0 Å². The van der Waals surface area contributed by atoms with Crippen LogP contribution in [0, 0.1) is 0 Å². The van der Waals surface area contributed by atoms with Crippen LogP contribution in [-0.4, -0.2) is 11.7 Å². The third-order valence-electron chi connectivity index (χ3n) is 3.54. The first-order valence-electron chi connectivity index (χ1n) is 7.99. The van der Waals surface area contributed by atoms with Gasteiger partial charge in [-0.3, -0.25) is 4.79 Å². The van der Waals surface area contributed by atoms with Crippen LogP contribution in [0.4, 0.5) is 5.69 Å². The minimum atomic E-state index is 0.00127. The zero-order chi connectivity index (χ0) is 17.4. The molecule has 0 spiro atoms. The van der Waals surface area contributed by atoms with Gasteiger partial charge in [-0.2, -0.15) is 0 Å². The first kappa shape index (κ1) is 19.2. The summed E-state index contributed by atoms with van der Waals surface area (Å²) in [7, 11) is 0. The van der Waals surface area contributed by atoms with Gasteiger partial charge in [0.2, 0.25) is 5.91 Å². The van der Waals surface area contributed by atoms with Crippen molar-refractivity contribution < 1.29 is 4.79 Å². The van der Waals surface area contributed by atoms with Crippen LogP contribution in [0.15, 0.2) is 42.5 Å². The molecule has 2 rings (SSSR count). The summed E-state index contributed by atoms with van der Waals surface area (Å²) in [5.41, 5.74) is 3.21. The van der Waals surface area contributed by atoms with Crippen molar-refractivity contribution in [2.45, 2.75) is 31.9 Å². The lowest BCUT2D eigenvalue weighted by atomic mass is 10.1. The molecule has 128 valence electrons. The molecule has 0 bridgehead atoms. The highest BCUT2D eigenvalue weighted by molar-refractivity contribution is 7.99. The van der Waals surface area contributed by atoms with Crippen LogP contribution in [-0.2, 0) is 17.0 Å². The van der Waals surface area contributed by atoms with E-state index in [4.69, 9.17) is 23.2 Å². The van der Waals surface area contributed by atoms with Crippen LogP contribution in [0.3, 0.4) is 0 Å². The maximum Gasteiger partial charge on any atom is 0.234 e. The summed E-state index contributed by atoms with van der Waals surface area (Å²) in [6.07, 6.45) is 3.47. The van der Waals surface area contributed by atoms with Crippen LogP contribution in [0.25, 0.3) is 0 Å². The van der Waals surface area contributed by atoms with E-state index in [9.17, 15) is 4.79 Å². The Hall–Kier alpha value is -1.16. The molecule has 0 aliphatic heterocycles. The SMILES string of the molecule is CCCCc1ccc(NC(=O)CSCc2ccc(Cl)c(Cl)c2)cc1. The number of thioether (sulfide) groups is 1. The van der Waals surface area contributed by atoms with Crippen LogP contribution in [0.5, 0.6) is 0 Å². The van der Waals surface area contributed by atoms with Crippen molar-refractivity contribution in [2.75, 3.05) is 11.1 Å². The molecule has 1 amide bonds. The number of hydrogen-bond donors (Lipinski definition) is 1. The summed E-state index contributed by atoms with van der Waals surface area (Å²) in [6, 6.07) is 13.6. The third-order valence-corrected chi connectivity index (χ3v) is 5.29. The summed E-state index contributed by atoms with van der Waals surface area (Å²) in [4.78, 5) is 12.0. The second-order valence-electron chi connectivity index (χ2n) is 5.59. The molecule has 0 aromatic heterocycles. The Morgan fingerprint density at radius 1 is 1.04 bits per heavy atom. The van der Waals surface area contributed by atoms with E-state index in [0.717, 1.165) is 23.4 Å². The number of carbonyl (C=O) groups excluding carboxylic acids is 1. The summed E-state index contributed by atoms with van der Waals surface area (Å²) >= 11 is 13.4. The number of rotatable bonds is 8. The van der Waals surface area contributed by atoms with Crippen molar-refractivity contribution in [3.63, 3.8) is 0 Å². The Labute approximate surface area is 157 Å². The predicted octanol–water partition coefficient (Wildman–Crippen LogP) is 6.21. The van der Waals surface area contributed by atoms with E-state index >= 15 is 0 Å². The monoisotopic (exact) mass is 381 g/mol. The molecule has 0 heterocycles. The quantitative estimate of drug-likeness (QED) is 0.588. The van der Waals surface area contributed by atoms with Gasteiger partial charge in [-0.25, -0.2) is 0 Å². The lowest BCUT2D eigenvalue weighted by Gasteiger charge is -2.07. The number of carbonyl (C=O) groups is 1. The maximum absolute atomic E-state index is 12.0. The number of unbranched alkanes of at least 4 members (excludes halogenated alkanes) is 1. The fraction of sp³-hybridized carbons (Fsp3) is 0.316. The lowest BCUT2D eigenvalue weighted by molar-refractivity contribution is -0.113. The Morgan fingerprint density at radius 3 is 2.42 bits per heavy atom. The first-order chi connectivity index (χ1) is 11.6. The summed E-state index contributed by atoms with van der Waals surface area (Å²) in [6.45, 7) is 2.18. The molecule has 2 aromatic carbocycles. The minimum Gasteiger partial charge on any atom is -0.325 e. The number of hydrogen-bond acceptors (Lipinski definition) is 2. The standard InChI is InChI=1S/C19H21Cl2NOS/c1-2-3-4-14-5-8-16(9-6-14)22-19(23)13-24-12-15-7-10-17(20)18(21)11-15/h5-11H,2-4,12-13H2,1H3,(H,22,23). The van der Waals surface area contributed by atoms with Crippen molar-refractivity contribution in [3.8, 4) is 0 Å². The van der Waals surface area contributed by atoms with Gasteiger partial charge in [0, 0.05) is 11.4 Å². The molecule has 0 fully saturated rings. The number of benzene rings is 2. The first-order valence-corrected chi connectivity index (χ1v) is 9.90. The van der Waals surface area contributed by atoms with E-state index < -0.39 is 0 Å². The molecule has 0 saturated carbocycles. The molecule has 0 radical (unpaired) electrons. The van der Waals surface area contributed by atoms with E-state index in [-0.39, 0.29) is 5.91 Å². The van der Waals surface area contributed by atoms with Gasteiger partial charge in [-0.1, -0.05) is 54.7 Å². The van der Waals surface area contributed by atoms with Crippen molar-refractivity contribution in [1.29, 1.82) is 0 Å². The van der Waals surface area contributed by atoms with Gasteiger partial charge >= 0.3 is 0 Å². The number of nitrogens with one attached hydrogen (secondary N) is 1. The van der Waals surface area contributed by atoms with Crippen LogP contribution < -0.4 is 5.32 Å². The summed E-state index contributed by atoms with van der Waals surface area (Å²) in [5.74, 6) is 1.12. The van der Waals surface area contributed by atoms with Crippen LogP contribution >= 0.6 is 35.0 Å². The number of amides is 1. The van der Waals surface area contributed by atoms with Gasteiger partial charge in [0.15, 0.2) is 0 Å². The third kappa shape index (κ3) is 6.39. The number of anilines is 1. The van der Waals surface area contributed by atoms with Gasteiger partial charge in [0.05, 0.1) is 15.8 Å². The second-order valence-corrected chi connectivity index (χ2v) is 7.39. The average molecular weight is 382 g/mol. The zero-order valence-corrected chi connectivity index (χ0v) is 16.0. The van der Waals surface area contributed by atoms with Crippen molar-refractivity contribution in [3.05, 3.63) is 63.6 Å². The highest BCUT2D eigenvalue weighted by Gasteiger charge is 2.05. The molecule has 0 aliphatic carbocycles. The Balaban J connectivity index is 1.75. The fourth-order valence-electron chi connectivity index (χ4n) is 2.22. The van der Waals surface area contributed by atoms with Crippen LogP contribution in [0.1, 0.15) is 30.9 Å². The molecule has 2 aromatic rings. The average Bonchev–Trinajstić information content (AvgIpc) is 2.57. The minimum absolute atomic E-state index is 0.00127. The molecule has 0 unspecified atom stereocenters. The van der Waals surface area contributed by atoms with E-state index in [1.807, 2.05) is 24.3 Å².